The Morgan fingerprint density at radius 2 is 2.03 bits per heavy atom. The summed E-state index contributed by atoms with van der Waals surface area (Å²) in [6.07, 6.45) is 2.56. The van der Waals surface area contributed by atoms with Gasteiger partial charge in [0.1, 0.15) is 5.52 Å². The fourth-order valence-corrected chi connectivity index (χ4v) is 2.97. The van der Waals surface area contributed by atoms with Crippen LogP contribution in [-0.4, -0.2) is 43.7 Å². The molecular weight excluding hydrogens is 388 g/mol. The molecule has 1 aromatic carbocycles. The predicted octanol–water partition coefficient (Wildman–Crippen LogP) is 1.76. The molecule has 3 aromatic rings. The minimum absolute atomic E-state index is 0.170. The average molecular weight is 414 g/mol. The maximum Gasteiger partial charge on any atom is 0.335 e. The number of aryl methyl sites for hydroxylation is 1. The third-order valence-electron chi connectivity index (χ3n) is 4.62. The zero-order chi connectivity index (χ0) is 21.5. The van der Waals surface area contributed by atoms with Crippen LogP contribution in [0.15, 0.2) is 29.1 Å². The van der Waals surface area contributed by atoms with Gasteiger partial charge in [-0.05, 0) is 37.1 Å². The van der Waals surface area contributed by atoms with Crippen LogP contribution in [0.3, 0.4) is 0 Å². The lowest BCUT2D eigenvalue weighted by molar-refractivity contribution is 0.0697. The van der Waals surface area contributed by atoms with E-state index in [1.54, 1.807) is 24.3 Å². The Kier molecular flexibility index (Phi) is 7.02. The smallest absolute Gasteiger partial charge is 0.335 e. The maximum atomic E-state index is 12.3. The molecule has 5 N–H and O–H groups in total. The van der Waals surface area contributed by atoms with E-state index in [2.05, 4.69) is 27.2 Å². The second kappa shape index (κ2) is 9.88. The van der Waals surface area contributed by atoms with Crippen molar-refractivity contribution in [1.82, 2.24) is 24.8 Å². The lowest BCUT2D eigenvalue weighted by atomic mass is 10.1. The minimum atomic E-state index is -0.943. The number of carboxylic acid groups (broad SMARTS) is 1. The highest BCUT2D eigenvalue weighted by Gasteiger charge is 2.14. The SMILES string of the molecule is CCCCOc1nc(N)c2[nH]c(=O)n(CCCNCc3ccc(C(=O)O)cc3)c2n1. The second-order valence-electron chi connectivity index (χ2n) is 6.91. The summed E-state index contributed by atoms with van der Waals surface area (Å²) in [5, 5.41) is 12.2. The van der Waals surface area contributed by atoms with Crippen LogP contribution < -0.4 is 21.5 Å². The quantitative estimate of drug-likeness (QED) is 0.347. The van der Waals surface area contributed by atoms with Crippen LogP contribution in [0.25, 0.3) is 11.2 Å². The van der Waals surface area contributed by atoms with Gasteiger partial charge in [0.25, 0.3) is 0 Å². The van der Waals surface area contributed by atoms with Gasteiger partial charge in [-0.3, -0.25) is 4.57 Å². The molecule has 0 atom stereocenters. The number of nitrogens with two attached hydrogens (primary N) is 1. The highest BCUT2D eigenvalue weighted by molar-refractivity contribution is 5.87. The number of H-pyrrole nitrogens is 1. The number of aromatic nitrogens is 4. The molecule has 160 valence electrons. The minimum Gasteiger partial charge on any atom is -0.478 e. The van der Waals surface area contributed by atoms with Crippen LogP contribution in [0.1, 0.15) is 42.1 Å². The second-order valence-corrected chi connectivity index (χ2v) is 6.91. The number of nitrogens with zero attached hydrogens (tertiary/aromatic N) is 3. The number of hydrogen-bond donors (Lipinski definition) is 4. The normalized spacial score (nSPS) is 11.1. The van der Waals surface area contributed by atoms with Crippen molar-refractivity contribution in [3.05, 3.63) is 45.9 Å². The molecule has 2 aromatic heterocycles. The molecule has 10 heteroatoms. The van der Waals surface area contributed by atoms with Crippen LogP contribution >= 0.6 is 0 Å². The number of nitrogens with one attached hydrogen (secondary N) is 2. The number of imidazole rings is 1. The summed E-state index contributed by atoms with van der Waals surface area (Å²) in [4.78, 5) is 34.3. The highest BCUT2D eigenvalue weighted by Crippen LogP contribution is 2.18. The van der Waals surface area contributed by atoms with E-state index in [1.807, 2.05) is 0 Å². The molecule has 0 fully saturated rings. The summed E-state index contributed by atoms with van der Waals surface area (Å²) in [5.41, 5.74) is 7.75. The van der Waals surface area contributed by atoms with Crippen LogP contribution in [0.2, 0.25) is 0 Å². The van der Waals surface area contributed by atoms with Gasteiger partial charge in [0, 0.05) is 13.1 Å². The van der Waals surface area contributed by atoms with Crippen LogP contribution in [0.5, 0.6) is 6.01 Å². The average Bonchev–Trinajstić information content (AvgIpc) is 3.04. The van der Waals surface area contributed by atoms with E-state index < -0.39 is 5.97 Å². The molecular formula is C20H26N6O4. The fraction of sp³-hybridized carbons (Fsp3) is 0.400. The van der Waals surface area contributed by atoms with Crippen molar-refractivity contribution in [2.24, 2.45) is 0 Å². The molecule has 3 rings (SSSR count). The number of fused-ring (bicyclic) bond motifs is 1. The molecule has 0 aliphatic carbocycles. The zero-order valence-electron chi connectivity index (χ0n) is 16.9. The summed E-state index contributed by atoms with van der Waals surface area (Å²) < 4.78 is 7.07. The van der Waals surface area contributed by atoms with Crippen molar-refractivity contribution in [3.63, 3.8) is 0 Å². The molecule has 2 heterocycles. The Morgan fingerprint density at radius 1 is 1.27 bits per heavy atom. The van der Waals surface area contributed by atoms with E-state index in [4.69, 9.17) is 15.6 Å². The van der Waals surface area contributed by atoms with Crippen molar-refractivity contribution in [1.29, 1.82) is 0 Å². The third kappa shape index (κ3) is 5.15. The first-order valence-electron chi connectivity index (χ1n) is 9.91. The topological polar surface area (TPSA) is 148 Å². The number of benzene rings is 1. The molecule has 0 spiro atoms. The van der Waals surface area contributed by atoms with Crippen molar-refractivity contribution in [2.75, 3.05) is 18.9 Å². The largest absolute Gasteiger partial charge is 0.478 e. The lowest BCUT2D eigenvalue weighted by Gasteiger charge is -2.08. The summed E-state index contributed by atoms with van der Waals surface area (Å²) in [6, 6.07) is 6.88. The Hall–Kier alpha value is -3.40. The van der Waals surface area contributed by atoms with Crippen LogP contribution in [-0.2, 0) is 13.1 Å². The van der Waals surface area contributed by atoms with E-state index in [0.29, 0.717) is 43.8 Å². The lowest BCUT2D eigenvalue weighted by Crippen LogP contribution is -2.21. The molecule has 10 nitrogen and oxygen atoms in total. The number of hydrogen-bond acceptors (Lipinski definition) is 7. The molecule has 0 saturated carbocycles. The van der Waals surface area contributed by atoms with Gasteiger partial charge in [-0.1, -0.05) is 25.5 Å². The summed E-state index contributed by atoms with van der Waals surface area (Å²) in [7, 11) is 0. The van der Waals surface area contributed by atoms with E-state index in [-0.39, 0.29) is 23.1 Å². The molecule has 0 saturated heterocycles. The molecule has 0 amide bonds. The number of carboxylic acids is 1. The third-order valence-corrected chi connectivity index (χ3v) is 4.62. The van der Waals surface area contributed by atoms with E-state index in [0.717, 1.165) is 18.4 Å². The number of anilines is 1. The molecule has 0 bridgehead atoms. The van der Waals surface area contributed by atoms with Gasteiger partial charge in [-0.25, -0.2) is 9.59 Å². The van der Waals surface area contributed by atoms with Crippen LogP contribution in [0, 0.1) is 0 Å². The summed E-state index contributed by atoms with van der Waals surface area (Å²) in [6.45, 7) is 4.28. The Balaban J connectivity index is 1.58. The predicted molar refractivity (Wildman–Crippen MR) is 113 cm³/mol. The molecule has 0 unspecified atom stereocenters. The standard InChI is InChI=1S/C20H26N6O4/c1-2-3-11-30-19-24-16(21)15-17(25-19)26(20(29)23-15)10-4-9-22-12-13-5-7-14(8-6-13)18(27)28/h5-8,22H,2-4,9-12H2,1H3,(H,23,29)(H,27,28)(H2,21,24,25). The summed E-state index contributed by atoms with van der Waals surface area (Å²) in [5.74, 6) is -0.757. The highest BCUT2D eigenvalue weighted by atomic mass is 16.5. The molecule has 0 radical (unpaired) electrons. The number of aromatic carboxylic acids is 1. The number of aromatic amines is 1. The Bertz CT molecular complexity index is 1060. The molecule has 30 heavy (non-hydrogen) atoms. The van der Waals surface area contributed by atoms with E-state index in [1.165, 1.54) is 4.57 Å². The number of unbranched alkanes of at least 4 members (excludes halogenated alkanes) is 1. The first kappa shape index (κ1) is 21.3. The van der Waals surface area contributed by atoms with E-state index >= 15 is 0 Å². The fourth-order valence-electron chi connectivity index (χ4n) is 2.97. The molecule has 0 aliphatic rings. The van der Waals surface area contributed by atoms with E-state index in [9.17, 15) is 9.59 Å². The number of nitrogen functional groups attached to an aromatic ring is 1. The van der Waals surface area contributed by atoms with Gasteiger partial charge >= 0.3 is 17.7 Å². The van der Waals surface area contributed by atoms with Crippen molar-refractivity contribution < 1.29 is 14.6 Å². The zero-order valence-corrected chi connectivity index (χ0v) is 16.9. The van der Waals surface area contributed by atoms with Gasteiger partial charge in [-0.2, -0.15) is 9.97 Å². The Labute approximate surface area is 173 Å². The number of rotatable bonds is 11. The van der Waals surface area contributed by atoms with Crippen molar-refractivity contribution >= 4 is 23.0 Å². The van der Waals surface area contributed by atoms with Gasteiger partial charge < -0.3 is 25.9 Å². The molecule has 0 aliphatic heterocycles. The van der Waals surface area contributed by atoms with Crippen LogP contribution in [0.4, 0.5) is 5.82 Å². The first-order valence-corrected chi connectivity index (χ1v) is 9.91. The Morgan fingerprint density at radius 3 is 2.73 bits per heavy atom. The van der Waals surface area contributed by atoms with Gasteiger partial charge in [0.05, 0.1) is 12.2 Å². The first-order chi connectivity index (χ1) is 14.5. The maximum absolute atomic E-state index is 12.3. The van der Waals surface area contributed by atoms with Gasteiger partial charge in [0.2, 0.25) is 0 Å². The van der Waals surface area contributed by atoms with Crippen molar-refractivity contribution in [3.8, 4) is 6.01 Å². The van der Waals surface area contributed by atoms with Gasteiger partial charge in [0.15, 0.2) is 11.5 Å². The summed E-state index contributed by atoms with van der Waals surface area (Å²) >= 11 is 0. The van der Waals surface area contributed by atoms with Crippen molar-refractivity contribution in [2.45, 2.75) is 39.3 Å². The monoisotopic (exact) mass is 414 g/mol. The number of ether oxygens (including phenoxy) is 1. The number of carbonyl (C=O) groups is 1. The van der Waals surface area contributed by atoms with Gasteiger partial charge in [-0.15, -0.1) is 0 Å².